The lowest BCUT2D eigenvalue weighted by Gasteiger charge is -2.26. The van der Waals surface area contributed by atoms with Crippen molar-refractivity contribution >= 4 is 17.5 Å². The van der Waals surface area contributed by atoms with Crippen LogP contribution >= 0.6 is 11.6 Å². The van der Waals surface area contributed by atoms with Crippen molar-refractivity contribution in [1.29, 1.82) is 0 Å². The lowest BCUT2D eigenvalue weighted by molar-refractivity contribution is -0.132. The summed E-state index contributed by atoms with van der Waals surface area (Å²) in [6.07, 6.45) is 2.09. The third-order valence-corrected chi connectivity index (χ3v) is 5.27. The summed E-state index contributed by atoms with van der Waals surface area (Å²) >= 11 is 6.16. The molecule has 0 spiro atoms. The molecule has 0 saturated heterocycles. The third-order valence-electron chi connectivity index (χ3n) is 4.92. The van der Waals surface area contributed by atoms with E-state index in [0.717, 1.165) is 18.4 Å². The van der Waals surface area contributed by atoms with E-state index in [2.05, 4.69) is 0 Å². The zero-order valence-corrected chi connectivity index (χ0v) is 16.0. The second-order valence-electron chi connectivity index (χ2n) is 7.01. The molecule has 2 aromatic carbocycles. The summed E-state index contributed by atoms with van der Waals surface area (Å²) in [6.45, 7) is 3.26. The van der Waals surface area contributed by atoms with Gasteiger partial charge in [0.25, 0.3) is 0 Å². The van der Waals surface area contributed by atoms with Crippen molar-refractivity contribution in [3.05, 3.63) is 70.0 Å². The quantitative estimate of drug-likeness (QED) is 0.716. The largest absolute Gasteiger partial charge is 0.340 e. The molecule has 0 unspecified atom stereocenters. The summed E-state index contributed by atoms with van der Waals surface area (Å²) in [4.78, 5) is 16.5. The Morgan fingerprint density at radius 3 is 2.54 bits per heavy atom. The van der Waals surface area contributed by atoms with Crippen molar-refractivity contribution in [2.75, 3.05) is 13.6 Å². The molecule has 26 heavy (non-hydrogen) atoms. The second-order valence-corrected chi connectivity index (χ2v) is 7.42. The van der Waals surface area contributed by atoms with Crippen LogP contribution in [0.4, 0.5) is 4.39 Å². The van der Waals surface area contributed by atoms with Gasteiger partial charge in [-0.05, 0) is 43.0 Å². The van der Waals surface area contributed by atoms with Crippen LogP contribution in [0.2, 0.25) is 5.02 Å². The minimum atomic E-state index is -0.316. The maximum atomic E-state index is 14.1. The molecule has 3 rings (SSSR count). The van der Waals surface area contributed by atoms with E-state index < -0.39 is 0 Å². The molecule has 2 aromatic rings. The molecule has 1 fully saturated rings. The fourth-order valence-electron chi connectivity index (χ4n) is 3.07. The van der Waals surface area contributed by atoms with E-state index in [1.807, 2.05) is 43.1 Å². The fourth-order valence-corrected chi connectivity index (χ4v) is 3.29. The predicted molar refractivity (Wildman–Crippen MR) is 102 cm³/mol. The number of aryl methyl sites for hydroxylation is 1. The molecule has 0 atom stereocenters. The Morgan fingerprint density at radius 2 is 1.88 bits per heavy atom. The van der Waals surface area contributed by atoms with Crippen molar-refractivity contribution in [3.63, 3.8) is 0 Å². The molecular formula is C21H24ClFN2O. The molecule has 5 heteroatoms. The predicted octanol–water partition coefficient (Wildman–Crippen LogP) is 4.41. The number of hydrogen-bond donors (Lipinski definition) is 0. The maximum Gasteiger partial charge on any atom is 0.236 e. The number of carbonyl (C=O) groups is 1. The van der Waals surface area contributed by atoms with Crippen LogP contribution in [0, 0.1) is 12.7 Å². The highest BCUT2D eigenvalue weighted by atomic mass is 35.5. The molecule has 3 nitrogen and oxygen atoms in total. The van der Waals surface area contributed by atoms with Gasteiger partial charge in [-0.25, -0.2) is 4.39 Å². The standard InChI is InChI=1S/C21H24ClFN2O/c1-15-6-3-4-7-16(15)12-24(2)21(26)14-25(17-10-11-17)13-18-19(22)8-5-9-20(18)23/h3-9,17H,10-14H2,1-2H3. The van der Waals surface area contributed by atoms with E-state index in [4.69, 9.17) is 11.6 Å². The van der Waals surface area contributed by atoms with Crippen LogP contribution in [0.15, 0.2) is 42.5 Å². The first-order valence-electron chi connectivity index (χ1n) is 8.91. The Labute approximate surface area is 159 Å². The van der Waals surface area contributed by atoms with Gasteiger partial charge in [0.15, 0.2) is 0 Å². The zero-order chi connectivity index (χ0) is 18.7. The van der Waals surface area contributed by atoms with Gasteiger partial charge in [0.1, 0.15) is 5.82 Å². The number of halogens is 2. The van der Waals surface area contributed by atoms with Crippen LogP contribution < -0.4 is 0 Å². The Kier molecular flexibility index (Phi) is 5.94. The van der Waals surface area contributed by atoms with Crippen LogP contribution in [0.5, 0.6) is 0 Å². The normalized spacial score (nSPS) is 13.9. The number of hydrogen-bond acceptors (Lipinski definition) is 2. The number of benzene rings is 2. The van der Waals surface area contributed by atoms with Crippen molar-refractivity contribution in [1.82, 2.24) is 9.80 Å². The molecular weight excluding hydrogens is 351 g/mol. The van der Waals surface area contributed by atoms with Gasteiger partial charge >= 0.3 is 0 Å². The van der Waals surface area contributed by atoms with Gasteiger partial charge in [-0.2, -0.15) is 0 Å². The molecule has 1 aliphatic rings. The number of rotatable bonds is 7. The first-order chi connectivity index (χ1) is 12.5. The Hall–Kier alpha value is -1.91. The molecule has 1 aliphatic carbocycles. The van der Waals surface area contributed by atoms with Crippen LogP contribution in [0.25, 0.3) is 0 Å². The highest BCUT2D eigenvalue weighted by molar-refractivity contribution is 6.31. The number of carbonyl (C=O) groups excluding carboxylic acids is 1. The topological polar surface area (TPSA) is 23.6 Å². The van der Waals surface area contributed by atoms with Crippen molar-refractivity contribution in [2.45, 2.75) is 38.9 Å². The van der Waals surface area contributed by atoms with Crippen LogP contribution in [-0.4, -0.2) is 35.3 Å². The van der Waals surface area contributed by atoms with E-state index in [0.29, 0.717) is 29.7 Å². The van der Waals surface area contributed by atoms with Crippen molar-refractivity contribution < 1.29 is 9.18 Å². The van der Waals surface area contributed by atoms with Crippen LogP contribution in [0.1, 0.15) is 29.5 Å². The Balaban J connectivity index is 1.66. The lowest BCUT2D eigenvalue weighted by Crippen LogP contribution is -2.39. The van der Waals surface area contributed by atoms with Crippen LogP contribution in [-0.2, 0) is 17.9 Å². The lowest BCUT2D eigenvalue weighted by atomic mass is 10.1. The summed E-state index contributed by atoms with van der Waals surface area (Å²) in [7, 11) is 1.82. The van der Waals surface area contributed by atoms with Gasteiger partial charge in [0.2, 0.25) is 5.91 Å². The Bertz CT molecular complexity index is 771. The monoisotopic (exact) mass is 374 g/mol. The third kappa shape index (κ3) is 4.63. The van der Waals surface area contributed by atoms with E-state index in [1.54, 1.807) is 17.0 Å². The molecule has 0 heterocycles. The highest BCUT2D eigenvalue weighted by Crippen LogP contribution is 2.30. The van der Waals surface area contributed by atoms with Gasteiger partial charge in [-0.3, -0.25) is 9.69 Å². The van der Waals surface area contributed by atoms with E-state index in [1.165, 1.54) is 11.6 Å². The zero-order valence-electron chi connectivity index (χ0n) is 15.2. The molecule has 0 aliphatic heterocycles. The van der Waals surface area contributed by atoms with Crippen LogP contribution in [0.3, 0.4) is 0 Å². The molecule has 0 aromatic heterocycles. The fraction of sp³-hybridized carbons (Fsp3) is 0.381. The molecule has 0 bridgehead atoms. The van der Waals surface area contributed by atoms with Crippen molar-refractivity contribution in [3.8, 4) is 0 Å². The highest BCUT2D eigenvalue weighted by Gasteiger charge is 2.32. The minimum absolute atomic E-state index is 0.0348. The SMILES string of the molecule is Cc1ccccc1CN(C)C(=O)CN(Cc1c(F)cccc1Cl)C1CC1. The first-order valence-corrected chi connectivity index (χ1v) is 9.29. The second kappa shape index (κ2) is 8.19. The molecule has 0 radical (unpaired) electrons. The summed E-state index contributed by atoms with van der Waals surface area (Å²) in [5.41, 5.74) is 2.78. The molecule has 138 valence electrons. The molecule has 1 saturated carbocycles. The summed E-state index contributed by atoms with van der Waals surface area (Å²) < 4.78 is 14.1. The smallest absolute Gasteiger partial charge is 0.236 e. The average Bonchev–Trinajstić information content (AvgIpc) is 3.44. The van der Waals surface area contributed by atoms with Gasteiger partial charge < -0.3 is 4.90 Å². The maximum absolute atomic E-state index is 14.1. The average molecular weight is 375 g/mol. The number of nitrogens with zero attached hydrogens (tertiary/aromatic N) is 2. The number of amides is 1. The number of likely N-dealkylation sites (N-methyl/N-ethyl adjacent to an activating group) is 1. The summed E-state index contributed by atoms with van der Waals surface area (Å²) in [5, 5.41) is 0.413. The Morgan fingerprint density at radius 1 is 1.15 bits per heavy atom. The van der Waals surface area contributed by atoms with E-state index >= 15 is 0 Å². The minimum Gasteiger partial charge on any atom is -0.340 e. The van der Waals surface area contributed by atoms with Gasteiger partial charge in [0.05, 0.1) is 6.54 Å². The van der Waals surface area contributed by atoms with E-state index in [-0.39, 0.29) is 18.3 Å². The van der Waals surface area contributed by atoms with Gasteiger partial charge in [0, 0.05) is 36.8 Å². The summed E-state index contributed by atoms with van der Waals surface area (Å²) in [6, 6.07) is 13.1. The summed E-state index contributed by atoms with van der Waals surface area (Å²) in [5.74, 6) is -0.281. The van der Waals surface area contributed by atoms with Gasteiger partial charge in [-0.15, -0.1) is 0 Å². The molecule has 1 amide bonds. The van der Waals surface area contributed by atoms with Gasteiger partial charge in [-0.1, -0.05) is 41.9 Å². The first kappa shape index (κ1) is 18.9. The van der Waals surface area contributed by atoms with Crippen molar-refractivity contribution in [2.24, 2.45) is 0 Å². The van der Waals surface area contributed by atoms with E-state index in [9.17, 15) is 9.18 Å². The molecule has 0 N–H and O–H groups in total.